The van der Waals surface area contributed by atoms with Crippen molar-refractivity contribution in [2.24, 2.45) is 7.05 Å². The lowest BCUT2D eigenvalue weighted by molar-refractivity contribution is 0.0679. The molecule has 1 aromatic rings. The minimum Gasteiger partial charge on any atom is -0.488 e. The molecule has 0 spiro atoms. The lowest BCUT2D eigenvalue weighted by Gasteiger charge is -2.08. The van der Waals surface area contributed by atoms with Gasteiger partial charge in [-0.1, -0.05) is 0 Å². The largest absolute Gasteiger partial charge is 0.488 e. The van der Waals surface area contributed by atoms with Crippen molar-refractivity contribution < 1.29 is 9.47 Å². The molecule has 1 aliphatic rings. The maximum atomic E-state index is 5.50. The smallest absolute Gasteiger partial charge is 0.157 e. The second-order valence-corrected chi connectivity index (χ2v) is 3.30. The van der Waals surface area contributed by atoms with Gasteiger partial charge in [0, 0.05) is 13.7 Å². The van der Waals surface area contributed by atoms with Crippen LogP contribution in [0, 0.1) is 0 Å². The summed E-state index contributed by atoms with van der Waals surface area (Å²) in [6.07, 6.45) is 6.12. The van der Waals surface area contributed by atoms with E-state index in [9.17, 15) is 0 Å². The van der Waals surface area contributed by atoms with Crippen molar-refractivity contribution in [3.8, 4) is 5.75 Å². The van der Waals surface area contributed by atoms with Gasteiger partial charge in [0.15, 0.2) is 5.75 Å². The van der Waals surface area contributed by atoms with Crippen LogP contribution in [0.15, 0.2) is 12.4 Å². The Balaban J connectivity index is 1.78. The Bertz CT molecular complexity index is 266. The summed E-state index contributed by atoms with van der Waals surface area (Å²) in [6, 6.07) is 0. The summed E-state index contributed by atoms with van der Waals surface area (Å²) in [6.45, 7) is 1.52. The predicted octanol–water partition coefficient (Wildman–Crippen LogP) is 0.978. The van der Waals surface area contributed by atoms with Crippen LogP contribution in [-0.4, -0.2) is 29.1 Å². The Labute approximate surface area is 77.4 Å². The lowest BCUT2D eigenvalue weighted by atomic mass is 10.2. The minimum absolute atomic E-state index is 0.278. The Hall–Kier alpha value is -1.03. The molecular formula is C9H14N2O2. The molecule has 0 N–H and O–H groups in total. The summed E-state index contributed by atoms with van der Waals surface area (Å²) >= 11 is 0. The van der Waals surface area contributed by atoms with Gasteiger partial charge in [-0.3, -0.25) is 4.68 Å². The molecule has 0 aliphatic carbocycles. The molecule has 1 saturated heterocycles. The molecule has 2 rings (SSSR count). The number of hydrogen-bond acceptors (Lipinski definition) is 3. The highest BCUT2D eigenvalue weighted by molar-refractivity contribution is 5.11. The van der Waals surface area contributed by atoms with E-state index in [2.05, 4.69) is 5.10 Å². The van der Waals surface area contributed by atoms with Crippen LogP contribution in [0.3, 0.4) is 0 Å². The summed E-state index contributed by atoms with van der Waals surface area (Å²) in [5.41, 5.74) is 0. The van der Waals surface area contributed by atoms with Crippen LogP contribution in [0.2, 0.25) is 0 Å². The van der Waals surface area contributed by atoms with Crippen molar-refractivity contribution in [3.63, 3.8) is 0 Å². The van der Waals surface area contributed by atoms with E-state index in [1.165, 1.54) is 0 Å². The molecule has 1 atom stereocenters. The SMILES string of the molecule is Cn1cc(OCC2CCCO2)cn1. The van der Waals surface area contributed by atoms with Crippen LogP contribution in [0.5, 0.6) is 5.75 Å². The summed E-state index contributed by atoms with van der Waals surface area (Å²) < 4.78 is 12.7. The number of aryl methyl sites for hydroxylation is 1. The zero-order chi connectivity index (χ0) is 9.10. The first-order valence-electron chi connectivity index (χ1n) is 4.57. The van der Waals surface area contributed by atoms with Gasteiger partial charge in [0.2, 0.25) is 0 Å². The van der Waals surface area contributed by atoms with Gasteiger partial charge in [-0.15, -0.1) is 0 Å². The number of aromatic nitrogens is 2. The van der Waals surface area contributed by atoms with Crippen LogP contribution >= 0.6 is 0 Å². The fourth-order valence-corrected chi connectivity index (χ4v) is 1.44. The molecule has 1 aromatic heterocycles. The highest BCUT2D eigenvalue weighted by Gasteiger charge is 2.15. The summed E-state index contributed by atoms with van der Waals surface area (Å²) in [5, 5.41) is 4.01. The third-order valence-electron chi connectivity index (χ3n) is 2.14. The molecule has 2 heterocycles. The normalized spacial score (nSPS) is 22.1. The molecule has 0 amide bonds. The number of nitrogens with zero attached hydrogens (tertiary/aromatic N) is 2. The monoisotopic (exact) mass is 182 g/mol. The van der Waals surface area contributed by atoms with Crippen LogP contribution < -0.4 is 4.74 Å². The molecule has 0 bridgehead atoms. The molecule has 0 saturated carbocycles. The van der Waals surface area contributed by atoms with E-state index in [0.717, 1.165) is 25.2 Å². The second kappa shape index (κ2) is 3.79. The molecule has 4 nitrogen and oxygen atoms in total. The molecule has 1 unspecified atom stereocenters. The van der Waals surface area contributed by atoms with Gasteiger partial charge in [0.25, 0.3) is 0 Å². The molecule has 0 radical (unpaired) electrons. The summed E-state index contributed by atoms with van der Waals surface area (Å²) in [5.74, 6) is 0.818. The lowest BCUT2D eigenvalue weighted by Crippen LogP contribution is -2.15. The highest BCUT2D eigenvalue weighted by Crippen LogP contribution is 2.14. The molecular weight excluding hydrogens is 168 g/mol. The van der Waals surface area contributed by atoms with Crippen LogP contribution in [0.25, 0.3) is 0 Å². The van der Waals surface area contributed by atoms with E-state index in [1.54, 1.807) is 10.9 Å². The van der Waals surface area contributed by atoms with Crippen molar-refractivity contribution in [3.05, 3.63) is 12.4 Å². The van der Waals surface area contributed by atoms with E-state index >= 15 is 0 Å². The summed E-state index contributed by atoms with van der Waals surface area (Å²) in [7, 11) is 1.87. The van der Waals surface area contributed by atoms with Gasteiger partial charge >= 0.3 is 0 Å². The first-order valence-corrected chi connectivity index (χ1v) is 4.57. The third-order valence-corrected chi connectivity index (χ3v) is 2.14. The van der Waals surface area contributed by atoms with Crippen molar-refractivity contribution in [1.29, 1.82) is 0 Å². The zero-order valence-electron chi connectivity index (χ0n) is 7.77. The Morgan fingerprint density at radius 1 is 1.77 bits per heavy atom. The number of hydrogen-bond donors (Lipinski definition) is 0. The van der Waals surface area contributed by atoms with Gasteiger partial charge in [0.05, 0.1) is 18.5 Å². The Morgan fingerprint density at radius 3 is 3.31 bits per heavy atom. The average molecular weight is 182 g/mol. The van der Waals surface area contributed by atoms with Crippen molar-refractivity contribution in [2.75, 3.05) is 13.2 Å². The van der Waals surface area contributed by atoms with Gasteiger partial charge in [-0.2, -0.15) is 5.10 Å². The highest BCUT2D eigenvalue weighted by atomic mass is 16.5. The van der Waals surface area contributed by atoms with E-state index in [-0.39, 0.29) is 6.10 Å². The summed E-state index contributed by atoms with van der Waals surface area (Å²) in [4.78, 5) is 0. The fourth-order valence-electron chi connectivity index (χ4n) is 1.44. The van der Waals surface area contributed by atoms with E-state index < -0.39 is 0 Å². The Kier molecular flexibility index (Phi) is 2.49. The maximum Gasteiger partial charge on any atom is 0.157 e. The fraction of sp³-hybridized carbons (Fsp3) is 0.667. The molecule has 1 aliphatic heterocycles. The van der Waals surface area contributed by atoms with Crippen molar-refractivity contribution in [2.45, 2.75) is 18.9 Å². The minimum atomic E-state index is 0.278. The third kappa shape index (κ3) is 2.21. The second-order valence-electron chi connectivity index (χ2n) is 3.30. The van der Waals surface area contributed by atoms with Crippen LogP contribution in [0.4, 0.5) is 0 Å². The van der Waals surface area contributed by atoms with Crippen molar-refractivity contribution in [1.82, 2.24) is 9.78 Å². The molecule has 1 fully saturated rings. The van der Waals surface area contributed by atoms with E-state index in [1.807, 2.05) is 13.2 Å². The van der Waals surface area contributed by atoms with Gasteiger partial charge in [-0.25, -0.2) is 0 Å². The maximum absolute atomic E-state index is 5.50. The number of rotatable bonds is 3. The zero-order valence-corrected chi connectivity index (χ0v) is 7.77. The molecule has 0 aromatic carbocycles. The molecule has 13 heavy (non-hydrogen) atoms. The van der Waals surface area contributed by atoms with E-state index in [0.29, 0.717) is 6.61 Å². The first kappa shape index (κ1) is 8.56. The van der Waals surface area contributed by atoms with Gasteiger partial charge in [-0.05, 0) is 12.8 Å². The predicted molar refractivity (Wildman–Crippen MR) is 47.7 cm³/mol. The van der Waals surface area contributed by atoms with E-state index in [4.69, 9.17) is 9.47 Å². The standard InChI is InChI=1S/C9H14N2O2/c1-11-6-9(5-10-11)13-7-8-3-2-4-12-8/h5-6,8H,2-4,7H2,1H3. The average Bonchev–Trinajstić information content (AvgIpc) is 2.71. The van der Waals surface area contributed by atoms with Gasteiger partial charge in [0.1, 0.15) is 6.61 Å². The van der Waals surface area contributed by atoms with Crippen molar-refractivity contribution >= 4 is 0 Å². The van der Waals surface area contributed by atoms with Crippen LogP contribution in [-0.2, 0) is 11.8 Å². The Morgan fingerprint density at radius 2 is 2.69 bits per heavy atom. The topological polar surface area (TPSA) is 36.3 Å². The van der Waals surface area contributed by atoms with Gasteiger partial charge < -0.3 is 9.47 Å². The van der Waals surface area contributed by atoms with Crippen LogP contribution in [0.1, 0.15) is 12.8 Å². The number of ether oxygens (including phenoxy) is 2. The quantitative estimate of drug-likeness (QED) is 0.699. The first-order chi connectivity index (χ1) is 6.34. The molecule has 4 heteroatoms. The molecule has 72 valence electrons.